The highest BCUT2D eigenvalue weighted by molar-refractivity contribution is 6.21. The lowest BCUT2D eigenvalue weighted by atomic mass is 9.85. The summed E-state index contributed by atoms with van der Waals surface area (Å²) in [6.45, 7) is 4.04. The van der Waals surface area contributed by atoms with Crippen LogP contribution >= 0.6 is 0 Å². The molecule has 3 aliphatic rings. The SMILES string of the molecule is C=C1C[C@H](c2ccccc2)n2nc(N3C(=O)[C@H]4CC=CC[C@H]4C3=O)nc2N1. The molecular formula is C20H19N5O2. The van der Waals surface area contributed by atoms with Crippen LogP contribution in [0.15, 0.2) is 54.8 Å². The second kappa shape index (κ2) is 5.90. The van der Waals surface area contributed by atoms with Crippen LogP contribution in [0.3, 0.4) is 0 Å². The highest BCUT2D eigenvalue weighted by Gasteiger charge is 2.49. The first-order valence-electron chi connectivity index (χ1n) is 9.12. The van der Waals surface area contributed by atoms with Gasteiger partial charge < -0.3 is 5.32 Å². The molecule has 1 saturated heterocycles. The average molecular weight is 361 g/mol. The third-order valence-corrected chi connectivity index (χ3v) is 5.54. The van der Waals surface area contributed by atoms with Crippen molar-refractivity contribution in [3.05, 3.63) is 60.3 Å². The minimum absolute atomic E-state index is 0.0760. The highest BCUT2D eigenvalue weighted by Crippen LogP contribution is 2.39. The summed E-state index contributed by atoms with van der Waals surface area (Å²) in [5, 5.41) is 7.68. The summed E-state index contributed by atoms with van der Waals surface area (Å²) >= 11 is 0. The Labute approximate surface area is 156 Å². The third kappa shape index (κ3) is 2.42. The van der Waals surface area contributed by atoms with Gasteiger partial charge in [0.05, 0.1) is 17.9 Å². The fraction of sp³-hybridized carbons (Fsp3) is 0.300. The van der Waals surface area contributed by atoms with Crippen molar-refractivity contribution in [1.82, 2.24) is 14.8 Å². The van der Waals surface area contributed by atoms with Crippen molar-refractivity contribution in [3.63, 3.8) is 0 Å². The summed E-state index contributed by atoms with van der Waals surface area (Å²) in [5.74, 6) is -0.340. The van der Waals surface area contributed by atoms with Crippen LogP contribution in [0.1, 0.15) is 30.9 Å². The Balaban J connectivity index is 1.54. The molecule has 1 aliphatic carbocycles. The molecule has 136 valence electrons. The molecule has 0 saturated carbocycles. The van der Waals surface area contributed by atoms with Gasteiger partial charge in [0.2, 0.25) is 17.8 Å². The largest absolute Gasteiger partial charge is 0.329 e. The Bertz CT molecular complexity index is 952. The normalized spacial score (nSPS) is 26.7. The van der Waals surface area contributed by atoms with Crippen molar-refractivity contribution in [3.8, 4) is 0 Å². The van der Waals surface area contributed by atoms with E-state index in [0.717, 1.165) is 11.3 Å². The molecule has 3 atom stereocenters. The van der Waals surface area contributed by atoms with Gasteiger partial charge in [-0.25, -0.2) is 9.58 Å². The number of hydrogen-bond acceptors (Lipinski definition) is 5. The van der Waals surface area contributed by atoms with Gasteiger partial charge in [0, 0.05) is 12.1 Å². The van der Waals surface area contributed by atoms with E-state index < -0.39 is 0 Å². The monoisotopic (exact) mass is 361 g/mol. The van der Waals surface area contributed by atoms with Crippen molar-refractivity contribution < 1.29 is 9.59 Å². The van der Waals surface area contributed by atoms with Gasteiger partial charge in [-0.2, -0.15) is 4.98 Å². The number of aromatic nitrogens is 3. The number of hydrogen-bond donors (Lipinski definition) is 1. The average Bonchev–Trinajstić information content (AvgIpc) is 3.21. The maximum Gasteiger partial charge on any atom is 0.260 e. The van der Waals surface area contributed by atoms with E-state index in [4.69, 9.17) is 0 Å². The van der Waals surface area contributed by atoms with Crippen LogP contribution in [0.4, 0.5) is 11.9 Å². The van der Waals surface area contributed by atoms with Gasteiger partial charge in [-0.1, -0.05) is 49.1 Å². The molecule has 0 radical (unpaired) electrons. The second-order valence-corrected chi connectivity index (χ2v) is 7.21. The van der Waals surface area contributed by atoms with Crippen LogP contribution in [0.5, 0.6) is 0 Å². The zero-order chi connectivity index (χ0) is 18.5. The number of allylic oxidation sites excluding steroid dienone is 3. The van der Waals surface area contributed by atoms with Crippen LogP contribution in [0.2, 0.25) is 0 Å². The van der Waals surface area contributed by atoms with Crippen LogP contribution in [0, 0.1) is 11.8 Å². The van der Waals surface area contributed by atoms with E-state index in [1.807, 2.05) is 42.5 Å². The molecule has 1 fully saturated rings. The van der Waals surface area contributed by atoms with Crippen LogP contribution in [-0.4, -0.2) is 26.6 Å². The van der Waals surface area contributed by atoms with Gasteiger partial charge in [-0.15, -0.1) is 5.10 Å². The molecule has 2 amide bonds. The Morgan fingerprint density at radius 1 is 1.04 bits per heavy atom. The quantitative estimate of drug-likeness (QED) is 0.657. The number of nitrogens with zero attached hydrogens (tertiary/aromatic N) is 4. The van der Waals surface area contributed by atoms with E-state index in [1.165, 1.54) is 4.90 Å². The Kier molecular flexibility index (Phi) is 3.50. The van der Waals surface area contributed by atoms with Crippen molar-refractivity contribution in [1.29, 1.82) is 0 Å². The lowest BCUT2D eigenvalue weighted by Gasteiger charge is -2.26. The number of rotatable bonds is 2. The third-order valence-electron chi connectivity index (χ3n) is 5.54. The lowest BCUT2D eigenvalue weighted by molar-refractivity contribution is -0.122. The molecule has 1 N–H and O–H groups in total. The molecule has 1 aromatic heterocycles. The molecule has 0 spiro atoms. The number of imide groups is 1. The number of benzene rings is 1. The first-order chi connectivity index (χ1) is 13.1. The molecule has 0 bridgehead atoms. The van der Waals surface area contributed by atoms with E-state index in [2.05, 4.69) is 22.0 Å². The van der Waals surface area contributed by atoms with Gasteiger partial charge in [-0.3, -0.25) is 9.59 Å². The molecule has 2 aromatic rings. The van der Waals surface area contributed by atoms with Crippen LogP contribution in [-0.2, 0) is 9.59 Å². The van der Waals surface area contributed by atoms with Gasteiger partial charge in [0.1, 0.15) is 0 Å². The lowest BCUT2D eigenvalue weighted by Crippen LogP contribution is -2.32. The van der Waals surface area contributed by atoms with E-state index in [-0.39, 0.29) is 35.6 Å². The zero-order valence-electron chi connectivity index (χ0n) is 14.7. The maximum atomic E-state index is 12.8. The van der Waals surface area contributed by atoms with Gasteiger partial charge in [0.25, 0.3) is 5.95 Å². The second-order valence-electron chi connectivity index (χ2n) is 7.21. The van der Waals surface area contributed by atoms with Gasteiger partial charge in [-0.05, 0) is 18.4 Å². The van der Waals surface area contributed by atoms with E-state index in [0.29, 0.717) is 25.2 Å². The van der Waals surface area contributed by atoms with Gasteiger partial charge in [0.15, 0.2) is 0 Å². The fourth-order valence-corrected chi connectivity index (χ4v) is 4.17. The number of carbonyl (C=O) groups excluding carboxylic acids is 2. The maximum absolute atomic E-state index is 12.8. The molecular weight excluding hydrogens is 342 g/mol. The molecule has 0 unspecified atom stereocenters. The van der Waals surface area contributed by atoms with Crippen molar-refractivity contribution in [2.24, 2.45) is 11.8 Å². The topological polar surface area (TPSA) is 80.1 Å². The number of fused-ring (bicyclic) bond motifs is 2. The Hall–Kier alpha value is -3.22. The van der Waals surface area contributed by atoms with Crippen molar-refractivity contribution >= 4 is 23.7 Å². The molecule has 7 nitrogen and oxygen atoms in total. The number of carbonyl (C=O) groups is 2. The van der Waals surface area contributed by atoms with Crippen molar-refractivity contribution in [2.75, 3.05) is 10.2 Å². The number of nitrogens with one attached hydrogen (secondary N) is 1. The first-order valence-corrected chi connectivity index (χ1v) is 9.12. The minimum atomic E-state index is -0.295. The summed E-state index contributed by atoms with van der Waals surface area (Å²) in [6, 6.07) is 9.89. The van der Waals surface area contributed by atoms with Crippen molar-refractivity contribution in [2.45, 2.75) is 25.3 Å². The summed E-state index contributed by atoms with van der Waals surface area (Å²) in [4.78, 5) is 31.3. The van der Waals surface area contributed by atoms with E-state index in [1.54, 1.807) is 4.68 Å². The summed E-state index contributed by atoms with van der Waals surface area (Å²) < 4.78 is 1.75. The highest BCUT2D eigenvalue weighted by atomic mass is 16.2. The van der Waals surface area contributed by atoms with Gasteiger partial charge >= 0.3 is 0 Å². The Morgan fingerprint density at radius 3 is 2.37 bits per heavy atom. The molecule has 5 rings (SSSR count). The minimum Gasteiger partial charge on any atom is -0.329 e. The molecule has 1 aromatic carbocycles. The fourth-order valence-electron chi connectivity index (χ4n) is 4.17. The number of anilines is 2. The first kappa shape index (κ1) is 16.0. The molecule has 7 heteroatoms. The molecule has 2 aliphatic heterocycles. The predicted molar refractivity (Wildman–Crippen MR) is 99.8 cm³/mol. The zero-order valence-corrected chi connectivity index (χ0v) is 14.7. The number of amides is 2. The summed E-state index contributed by atoms with van der Waals surface area (Å²) in [5.41, 5.74) is 1.90. The van der Waals surface area contributed by atoms with Crippen LogP contribution in [0.25, 0.3) is 0 Å². The smallest absolute Gasteiger partial charge is 0.260 e. The summed E-state index contributed by atoms with van der Waals surface area (Å²) in [7, 11) is 0. The molecule has 3 heterocycles. The standard InChI is InChI=1S/C20H19N5O2/c1-12-11-16(13-7-3-2-4-8-13)25-19(21-12)22-20(23-25)24-17(26)14-9-5-6-10-15(14)18(24)27/h2-8,14-16H,1,9-11H2,(H,21,22,23)/t14-,15+,16-/m1/s1. The predicted octanol–water partition coefficient (Wildman–Crippen LogP) is 2.65. The molecule has 27 heavy (non-hydrogen) atoms. The van der Waals surface area contributed by atoms with E-state index >= 15 is 0 Å². The van der Waals surface area contributed by atoms with Crippen LogP contribution < -0.4 is 10.2 Å². The summed E-state index contributed by atoms with van der Waals surface area (Å²) in [6.07, 6.45) is 5.80. The van der Waals surface area contributed by atoms with E-state index in [9.17, 15) is 9.59 Å². The Morgan fingerprint density at radius 2 is 1.70 bits per heavy atom.